The zero-order valence-corrected chi connectivity index (χ0v) is 10.6. The molecule has 1 aliphatic carbocycles. The van der Waals surface area contributed by atoms with E-state index in [9.17, 15) is 0 Å². The smallest absolute Gasteiger partial charge is 0.0307 e. The summed E-state index contributed by atoms with van der Waals surface area (Å²) < 4.78 is 0. The molecule has 88 valence electrons. The highest BCUT2D eigenvalue weighted by Gasteiger charge is 2.25. The predicted molar refractivity (Wildman–Crippen MR) is 67.6 cm³/mol. The number of nitrogens with zero attached hydrogens (tertiary/aromatic N) is 1. The first-order valence-corrected chi connectivity index (χ1v) is 6.24. The third kappa shape index (κ3) is 2.82. The quantitative estimate of drug-likeness (QED) is 0.822. The van der Waals surface area contributed by atoms with E-state index in [0.29, 0.717) is 0 Å². The van der Waals surface area contributed by atoms with Crippen LogP contribution in [-0.4, -0.2) is 17.6 Å². The number of hydrogen-bond acceptors (Lipinski definition) is 2. The van der Waals surface area contributed by atoms with Gasteiger partial charge in [-0.15, -0.1) is 0 Å². The fourth-order valence-electron chi connectivity index (χ4n) is 2.18. The molecule has 16 heavy (non-hydrogen) atoms. The normalized spacial score (nSPS) is 16.4. The molecule has 0 bridgehead atoms. The van der Waals surface area contributed by atoms with Crippen LogP contribution in [0.15, 0.2) is 18.5 Å². The molecule has 1 fully saturated rings. The Kier molecular flexibility index (Phi) is 3.29. The molecule has 0 spiro atoms. The Hall–Kier alpha value is -0.890. The molecule has 0 aliphatic heterocycles. The van der Waals surface area contributed by atoms with Crippen LogP contribution in [0.5, 0.6) is 0 Å². The van der Waals surface area contributed by atoms with Crippen molar-refractivity contribution in [3.63, 3.8) is 0 Å². The van der Waals surface area contributed by atoms with Crippen LogP contribution in [0.3, 0.4) is 0 Å². The fraction of sp³-hybridized carbons (Fsp3) is 0.643. The van der Waals surface area contributed by atoms with Crippen molar-refractivity contribution in [3.8, 4) is 0 Å². The Morgan fingerprint density at radius 1 is 1.44 bits per heavy atom. The van der Waals surface area contributed by atoms with Crippen LogP contribution in [-0.2, 0) is 5.41 Å². The van der Waals surface area contributed by atoms with Gasteiger partial charge in [-0.2, -0.15) is 0 Å². The lowest BCUT2D eigenvalue weighted by Gasteiger charge is -2.26. The van der Waals surface area contributed by atoms with Crippen molar-refractivity contribution >= 4 is 0 Å². The van der Waals surface area contributed by atoms with E-state index < -0.39 is 0 Å². The van der Waals surface area contributed by atoms with E-state index in [1.54, 1.807) is 0 Å². The van der Waals surface area contributed by atoms with E-state index in [4.69, 9.17) is 0 Å². The average Bonchev–Trinajstić information content (AvgIpc) is 3.02. The van der Waals surface area contributed by atoms with Crippen LogP contribution >= 0.6 is 0 Å². The zero-order chi connectivity index (χ0) is 11.6. The van der Waals surface area contributed by atoms with Gasteiger partial charge in [-0.05, 0) is 55.3 Å². The highest BCUT2D eigenvalue weighted by atomic mass is 14.9. The van der Waals surface area contributed by atoms with Gasteiger partial charge in [0.2, 0.25) is 0 Å². The van der Waals surface area contributed by atoms with E-state index >= 15 is 0 Å². The van der Waals surface area contributed by atoms with Crippen LogP contribution in [0, 0.1) is 6.92 Å². The first kappa shape index (κ1) is 11.6. The summed E-state index contributed by atoms with van der Waals surface area (Å²) in [6, 6.07) is 2.91. The summed E-state index contributed by atoms with van der Waals surface area (Å²) in [6.45, 7) is 7.91. The predicted octanol–water partition coefficient (Wildman–Crippen LogP) is 2.81. The molecule has 1 saturated carbocycles. The molecule has 0 saturated heterocycles. The minimum Gasteiger partial charge on any atom is -0.314 e. The monoisotopic (exact) mass is 218 g/mol. The first-order chi connectivity index (χ1) is 7.59. The molecule has 0 atom stereocenters. The van der Waals surface area contributed by atoms with Crippen LogP contribution < -0.4 is 5.32 Å². The second-order valence-electron chi connectivity index (χ2n) is 5.55. The van der Waals surface area contributed by atoms with Gasteiger partial charge in [0, 0.05) is 18.4 Å². The van der Waals surface area contributed by atoms with E-state index in [-0.39, 0.29) is 5.41 Å². The number of hydrogen-bond donors (Lipinski definition) is 1. The number of pyridine rings is 1. The summed E-state index contributed by atoms with van der Waals surface area (Å²) in [6.07, 6.45) is 7.80. The lowest BCUT2D eigenvalue weighted by atomic mass is 9.80. The van der Waals surface area contributed by atoms with Crippen molar-refractivity contribution in [2.24, 2.45) is 0 Å². The van der Waals surface area contributed by atoms with Crippen molar-refractivity contribution < 1.29 is 0 Å². The highest BCUT2D eigenvalue weighted by molar-refractivity contribution is 5.28. The molecule has 1 aliphatic rings. The molecular weight excluding hydrogens is 196 g/mol. The zero-order valence-electron chi connectivity index (χ0n) is 10.6. The Morgan fingerprint density at radius 2 is 2.19 bits per heavy atom. The molecule has 0 unspecified atom stereocenters. The van der Waals surface area contributed by atoms with Crippen molar-refractivity contribution in [3.05, 3.63) is 29.6 Å². The van der Waals surface area contributed by atoms with Crippen LogP contribution in [0.1, 0.15) is 44.2 Å². The molecule has 0 amide bonds. The third-order valence-electron chi connectivity index (χ3n) is 3.53. The Bertz CT molecular complexity index is 354. The van der Waals surface area contributed by atoms with E-state index in [0.717, 1.165) is 12.6 Å². The fourth-order valence-corrected chi connectivity index (χ4v) is 2.18. The molecule has 1 heterocycles. The molecule has 0 aromatic carbocycles. The molecule has 2 heteroatoms. The van der Waals surface area contributed by atoms with Crippen LogP contribution in [0.4, 0.5) is 0 Å². The van der Waals surface area contributed by atoms with Crippen molar-refractivity contribution in [2.75, 3.05) is 6.54 Å². The van der Waals surface area contributed by atoms with Gasteiger partial charge in [0.05, 0.1) is 0 Å². The second kappa shape index (κ2) is 4.54. The molecule has 1 aromatic heterocycles. The minimum atomic E-state index is 0.222. The Labute approximate surface area is 98.5 Å². The number of aryl methyl sites for hydroxylation is 1. The maximum atomic E-state index is 4.25. The topological polar surface area (TPSA) is 24.9 Å². The second-order valence-corrected chi connectivity index (χ2v) is 5.55. The number of rotatable bonds is 5. The van der Waals surface area contributed by atoms with Crippen molar-refractivity contribution in [2.45, 2.75) is 51.5 Å². The average molecular weight is 218 g/mol. The largest absolute Gasteiger partial charge is 0.314 e. The highest BCUT2D eigenvalue weighted by Crippen LogP contribution is 2.29. The Balaban J connectivity index is 1.96. The molecule has 1 aromatic rings. The van der Waals surface area contributed by atoms with Gasteiger partial charge in [0.1, 0.15) is 0 Å². The lowest BCUT2D eigenvalue weighted by Crippen LogP contribution is -2.27. The molecule has 2 rings (SSSR count). The van der Waals surface area contributed by atoms with Crippen LogP contribution in [0.2, 0.25) is 0 Å². The maximum absolute atomic E-state index is 4.25. The summed E-state index contributed by atoms with van der Waals surface area (Å²) in [5, 5.41) is 3.58. The van der Waals surface area contributed by atoms with Gasteiger partial charge in [-0.3, -0.25) is 4.98 Å². The standard InChI is InChI=1S/C14H22N2/c1-11-6-8-15-10-13(11)14(2,3)7-9-16-12-4-5-12/h6,8,10,12,16H,4-5,7,9H2,1-3H3. The van der Waals surface area contributed by atoms with Crippen molar-refractivity contribution in [1.82, 2.24) is 10.3 Å². The van der Waals surface area contributed by atoms with Gasteiger partial charge in [-0.1, -0.05) is 13.8 Å². The molecular formula is C14H22N2. The third-order valence-corrected chi connectivity index (χ3v) is 3.53. The van der Waals surface area contributed by atoms with Crippen molar-refractivity contribution in [1.29, 1.82) is 0 Å². The summed E-state index contributed by atoms with van der Waals surface area (Å²) >= 11 is 0. The first-order valence-electron chi connectivity index (χ1n) is 6.24. The number of nitrogens with one attached hydrogen (secondary N) is 1. The lowest BCUT2D eigenvalue weighted by molar-refractivity contribution is 0.453. The molecule has 1 N–H and O–H groups in total. The summed E-state index contributed by atoms with van der Waals surface area (Å²) in [7, 11) is 0. The van der Waals surface area contributed by atoms with Gasteiger partial charge in [-0.25, -0.2) is 0 Å². The van der Waals surface area contributed by atoms with E-state index in [1.165, 1.54) is 30.4 Å². The summed E-state index contributed by atoms with van der Waals surface area (Å²) in [5.74, 6) is 0. The van der Waals surface area contributed by atoms with Gasteiger partial charge in [0.25, 0.3) is 0 Å². The van der Waals surface area contributed by atoms with Crippen LogP contribution in [0.25, 0.3) is 0 Å². The van der Waals surface area contributed by atoms with Gasteiger partial charge >= 0.3 is 0 Å². The Morgan fingerprint density at radius 3 is 2.81 bits per heavy atom. The van der Waals surface area contributed by atoms with Gasteiger partial charge < -0.3 is 5.32 Å². The van der Waals surface area contributed by atoms with E-state index in [2.05, 4.69) is 37.1 Å². The summed E-state index contributed by atoms with van der Waals surface area (Å²) in [4.78, 5) is 4.25. The van der Waals surface area contributed by atoms with Gasteiger partial charge in [0.15, 0.2) is 0 Å². The molecule has 2 nitrogen and oxygen atoms in total. The number of aromatic nitrogens is 1. The van der Waals surface area contributed by atoms with E-state index in [1.807, 2.05) is 12.4 Å². The maximum Gasteiger partial charge on any atom is 0.0307 e. The minimum absolute atomic E-state index is 0.222. The molecule has 0 radical (unpaired) electrons. The summed E-state index contributed by atoms with van der Waals surface area (Å²) in [5.41, 5.74) is 2.96. The SMILES string of the molecule is Cc1ccncc1C(C)(C)CCNC1CC1.